The van der Waals surface area contributed by atoms with Gasteiger partial charge < -0.3 is 15.4 Å². The van der Waals surface area contributed by atoms with E-state index in [1.807, 2.05) is 30.3 Å². The minimum atomic E-state index is -0.448. The highest BCUT2D eigenvalue weighted by atomic mass is 32.1. The molecule has 0 amide bonds. The lowest BCUT2D eigenvalue weighted by Crippen LogP contribution is -2.20. The van der Waals surface area contributed by atoms with Crippen LogP contribution < -0.4 is 10.6 Å². The van der Waals surface area contributed by atoms with E-state index in [4.69, 9.17) is 17.0 Å². The SMILES string of the molecule is COC(=O)c1cc(-c2ccccc2)sc1NC(=S)Nc1ccc(F)cc1C. The molecule has 0 bridgehead atoms. The van der Waals surface area contributed by atoms with E-state index in [1.165, 1.54) is 30.6 Å². The molecular weight excluding hydrogens is 383 g/mol. The van der Waals surface area contributed by atoms with Crippen molar-refractivity contribution >= 4 is 45.3 Å². The van der Waals surface area contributed by atoms with Crippen LogP contribution in [0.25, 0.3) is 10.4 Å². The third kappa shape index (κ3) is 4.50. The molecular formula is C20H17FN2O2S2. The van der Waals surface area contributed by atoms with Gasteiger partial charge in [0.2, 0.25) is 0 Å². The van der Waals surface area contributed by atoms with Gasteiger partial charge in [-0.2, -0.15) is 0 Å². The summed E-state index contributed by atoms with van der Waals surface area (Å²) < 4.78 is 18.1. The Labute approximate surface area is 166 Å². The van der Waals surface area contributed by atoms with E-state index in [2.05, 4.69) is 10.6 Å². The topological polar surface area (TPSA) is 50.4 Å². The van der Waals surface area contributed by atoms with Crippen LogP contribution in [0.4, 0.5) is 15.1 Å². The first-order valence-corrected chi connectivity index (χ1v) is 9.32. The fraction of sp³-hybridized carbons (Fsp3) is 0.100. The molecule has 2 N–H and O–H groups in total. The molecule has 4 nitrogen and oxygen atoms in total. The number of benzene rings is 2. The molecule has 0 aliphatic carbocycles. The number of anilines is 2. The van der Waals surface area contributed by atoms with Gasteiger partial charge in [0.15, 0.2) is 5.11 Å². The Morgan fingerprint density at radius 1 is 1.11 bits per heavy atom. The smallest absolute Gasteiger partial charge is 0.340 e. The van der Waals surface area contributed by atoms with Crippen molar-refractivity contribution in [2.75, 3.05) is 17.7 Å². The second-order valence-electron chi connectivity index (χ2n) is 5.75. The summed E-state index contributed by atoms with van der Waals surface area (Å²) in [5, 5.41) is 6.96. The van der Waals surface area contributed by atoms with Gasteiger partial charge in [-0.25, -0.2) is 9.18 Å². The molecule has 1 aromatic heterocycles. The molecule has 138 valence electrons. The molecule has 27 heavy (non-hydrogen) atoms. The van der Waals surface area contributed by atoms with Crippen LogP contribution in [0.5, 0.6) is 0 Å². The van der Waals surface area contributed by atoms with Gasteiger partial charge in [-0.1, -0.05) is 30.3 Å². The van der Waals surface area contributed by atoms with Gasteiger partial charge in [0.1, 0.15) is 10.8 Å². The van der Waals surface area contributed by atoms with E-state index in [9.17, 15) is 9.18 Å². The molecule has 0 aliphatic rings. The van der Waals surface area contributed by atoms with Gasteiger partial charge in [0.25, 0.3) is 0 Å². The van der Waals surface area contributed by atoms with E-state index >= 15 is 0 Å². The van der Waals surface area contributed by atoms with Crippen LogP contribution in [0.1, 0.15) is 15.9 Å². The van der Waals surface area contributed by atoms with Crippen molar-refractivity contribution in [2.24, 2.45) is 0 Å². The second kappa shape index (κ2) is 8.28. The Morgan fingerprint density at radius 2 is 1.85 bits per heavy atom. The van der Waals surface area contributed by atoms with Crippen molar-refractivity contribution in [3.05, 3.63) is 71.5 Å². The molecule has 7 heteroatoms. The van der Waals surface area contributed by atoms with Gasteiger partial charge >= 0.3 is 5.97 Å². The molecule has 0 saturated carbocycles. The molecule has 0 spiro atoms. The molecule has 3 rings (SSSR count). The van der Waals surface area contributed by atoms with Gasteiger partial charge in [0.05, 0.1) is 12.7 Å². The quantitative estimate of drug-likeness (QED) is 0.450. The summed E-state index contributed by atoms with van der Waals surface area (Å²) in [6.07, 6.45) is 0. The normalized spacial score (nSPS) is 10.3. The van der Waals surface area contributed by atoms with Crippen molar-refractivity contribution in [1.29, 1.82) is 0 Å². The minimum Gasteiger partial charge on any atom is -0.465 e. The van der Waals surface area contributed by atoms with Crippen LogP contribution in [-0.4, -0.2) is 18.2 Å². The van der Waals surface area contributed by atoms with E-state index < -0.39 is 5.97 Å². The first-order valence-electron chi connectivity index (χ1n) is 8.09. The number of carbonyl (C=O) groups excluding carboxylic acids is 1. The maximum atomic E-state index is 13.3. The zero-order chi connectivity index (χ0) is 19.4. The van der Waals surface area contributed by atoms with Crippen molar-refractivity contribution in [3.8, 4) is 10.4 Å². The Kier molecular flexibility index (Phi) is 5.83. The van der Waals surface area contributed by atoms with Gasteiger partial charge in [0, 0.05) is 10.6 Å². The number of halogens is 1. The summed E-state index contributed by atoms with van der Waals surface area (Å²) in [4.78, 5) is 13.1. The van der Waals surface area contributed by atoms with Crippen molar-refractivity contribution < 1.29 is 13.9 Å². The predicted molar refractivity (Wildman–Crippen MR) is 112 cm³/mol. The molecule has 0 radical (unpaired) electrons. The molecule has 0 unspecified atom stereocenters. The van der Waals surface area contributed by atoms with Crippen LogP contribution in [-0.2, 0) is 4.74 Å². The standard InChI is InChI=1S/C20H17FN2O2S2/c1-12-10-14(21)8-9-16(12)22-20(26)23-18-15(19(24)25-2)11-17(27-18)13-6-4-3-5-7-13/h3-11H,1-2H3,(H2,22,23,26). The molecule has 1 heterocycles. The van der Waals surface area contributed by atoms with Crippen LogP contribution >= 0.6 is 23.6 Å². The average molecular weight is 401 g/mol. The highest BCUT2D eigenvalue weighted by Crippen LogP contribution is 2.36. The van der Waals surface area contributed by atoms with Crippen LogP contribution in [0.2, 0.25) is 0 Å². The average Bonchev–Trinajstić information content (AvgIpc) is 3.08. The summed E-state index contributed by atoms with van der Waals surface area (Å²) in [7, 11) is 1.34. The highest BCUT2D eigenvalue weighted by molar-refractivity contribution is 7.80. The molecule has 0 atom stereocenters. The van der Waals surface area contributed by atoms with Gasteiger partial charge in [-0.05, 0) is 54.5 Å². The van der Waals surface area contributed by atoms with E-state index in [0.717, 1.165) is 16.0 Å². The summed E-state index contributed by atoms with van der Waals surface area (Å²) in [6, 6.07) is 15.9. The highest BCUT2D eigenvalue weighted by Gasteiger charge is 2.18. The molecule has 2 aromatic carbocycles. The molecule has 0 saturated heterocycles. The van der Waals surface area contributed by atoms with Crippen molar-refractivity contribution in [3.63, 3.8) is 0 Å². The Morgan fingerprint density at radius 3 is 2.52 bits per heavy atom. The lowest BCUT2D eigenvalue weighted by molar-refractivity contribution is 0.0602. The maximum absolute atomic E-state index is 13.3. The van der Waals surface area contributed by atoms with E-state index in [-0.39, 0.29) is 5.82 Å². The third-order valence-electron chi connectivity index (χ3n) is 3.86. The predicted octanol–water partition coefficient (Wildman–Crippen LogP) is 5.46. The number of esters is 1. The number of thiophene rings is 1. The summed E-state index contributed by atoms with van der Waals surface area (Å²) >= 11 is 6.76. The van der Waals surface area contributed by atoms with Crippen LogP contribution in [0, 0.1) is 12.7 Å². The Hall–Kier alpha value is -2.77. The lowest BCUT2D eigenvalue weighted by atomic mass is 10.1. The summed E-state index contributed by atoms with van der Waals surface area (Å²) in [6.45, 7) is 1.78. The first kappa shape index (κ1) is 19.0. The van der Waals surface area contributed by atoms with E-state index in [0.29, 0.717) is 21.4 Å². The van der Waals surface area contributed by atoms with Gasteiger partial charge in [-0.15, -0.1) is 11.3 Å². The maximum Gasteiger partial charge on any atom is 0.340 e. The number of aryl methyl sites for hydroxylation is 1. The lowest BCUT2D eigenvalue weighted by Gasteiger charge is -2.12. The fourth-order valence-corrected chi connectivity index (χ4v) is 3.85. The van der Waals surface area contributed by atoms with Crippen LogP contribution in [0.3, 0.4) is 0 Å². The van der Waals surface area contributed by atoms with E-state index in [1.54, 1.807) is 19.1 Å². The monoisotopic (exact) mass is 400 g/mol. The number of hydrogen-bond acceptors (Lipinski definition) is 4. The number of ether oxygens (including phenoxy) is 1. The number of rotatable bonds is 4. The van der Waals surface area contributed by atoms with Crippen molar-refractivity contribution in [1.82, 2.24) is 0 Å². The molecule has 0 aliphatic heterocycles. The largest absolute Gasteiger partial charge is 0.465 e. The number of methoxy groups -OCH3 is 1. The number of hydrogen-bond donors (Lipinski definition) is 2. The Bertz CT molecular complexity index is 987. The third-order valence-corrected chi connectivity index (χ3v) is 5.16. The Balaban J connectivity index is 1.85. The number of thiocarbonyl (C=S) groups is 1. The number of carbonyl (C=O) groups is 1. The number of nitrogens with one attached hydrogen (secondary N) is 2. The zero-order valence-electron chi connectivity index (χ0n) is 14.7. The fourth-order valence-electron chi connectivity index (χ4n) is 2.51. The van der Waals surface area contributed by atoms with Crippen molar-refractivity contribution in [2.45, 2.75) is 6.92 Å². The zero-order valence-corrected chi connectivity index (χ0v) is 16.3. The summed E-state index contributed by atoms with van der Waals surface area (Å²) in [5.41, 5.74) is 2.81. The van der Waals surface area contributed by atoms with Gasteiger partial charge in [-0.3, -0.25) is 0 Å². The molecule has 3 aromatic rings. The summed E-state index contributed by atoms with van der Waals surface area (Å²) in [5.74, 6) is -0.757. The van der Waals surface area contributed by atoms with Crippen LogP contribution in [0.15, 0.2) is 54.6 Å². The second-order valence-corrected chi connectivity index (χ2v) is 7.21. The first-order chi connectivity index (χ1) is 13.0. The minimum absolute atomic E-state index is 0.302. The molecule has 0 fully saturated rings.